The van der Waals surface area contributed by atoms with Crippen LogP contribution in [0, 0.1) is 5.92 Å². The summed E-state index contributed by atoms with van der Waals surface area (Å²) in [6.45, 7) is 1.66. The van der Waals surface area contributed by atoms with E-state index in [9.17, 15) is 9.59 Å². The van der Waals surface area contributed by atoms with Crippen LogP contribution >= 0.6 is 11.8 Å². The van der Waals surface area contributed by atoms with Gasteiger partial charge in [0.25, 0.3) is 5.91 Å². The maximum absolute atomic E-state index is 12.8. The molecule has 1 saturated carbocycles. The van der Waals surface area contributed by atoms with E-state index in [4.69, 9.17) is 4.74 Å². The van der Waals surface area contributed by atoms with E-state index in [2.05, 4.69) is 5.32 Å². The van der Waals surface area contributed by atoms with E-state index in [1.807, 2.05) is 16.7 Å². The summed E-state index contributed by atoms with van der Waals surface area (Å²) >= 11 is 1.90. The van der Waals surface area contributed by atoms with E-state index in [1.165, 1.54) is 0 Å². The van der Waals surface area contributed by atoms with E-state index in [0.717, 1.165) is 49.6 Å². The second kappa shape index (κ2) is 7.92. The lowest BCUT2D eigenvalue weighted by atomic mass is 10.0. The standard InChI is InChI=1S/C18H24N2O3S/c1-23-14-7-5-13(6-8-14)17(21)19-16-4-2-3-15(16)18(22)20-9-11-24-12-10-20/h5-8,15-16H,2-4,9-12H2,1H3,(H,19,21)/t15-,16+/m0/s1. The maximum atomic E-state index is 12.8. The monoisotopic (exact) mass is 348 g/mol. The Morgan fingerprint density at radius 1 is 1.17 bits per heavy atom. The van der Waals surface area contributed by atoms with E-state index in [1.54, 1.807) is 31.4 Å². The third-order valence-electron chi connectivity index (χ3n) is 4.82. The molecule has 6 heteroatoms. The van der Waals surface area contributed by atoms with Crippen molar-refractivity contribution in [3.8, 4) is 5.75 Å². The summed E-state index contributed by atoms with van der Waals surface area (Å²) in [5.41, 5.74) is 0.600. The number of benzene rings is 1. The van der Waals surface area contributed by atoms with Crippen molar-refractivity contribution in [2.24, 2.45) is 5.92 Å². The minimum atomic E-state index is -0.114. The molecule has 1 heterocycles. The van der Waals surface area contributed by atoms with Gasteiger partial charge in [0.15, 0.2) is 0 Å². The molecule has 24 heavy (non-hydrogen) atoms. The Hall–Kier alpha value is -1.69. The number of amides is 2. The van der Waals surface area contributed by atoms with E-state index in [0.29, 0.717) is 5.56 Å². The zero-order valence-corrected chi connectivity index (χ0v) is 14.8. The third kappa shape index (κ3) is 3.86. The number of methoxy groups -OCH3 is 1. The molecule has 1 aliphatic carbocycles. The zero-order valence-electron chi connectivity index (χ0n) is 14.0. The Morgan fingerprint density at radius 2 is 1.88 bits per heavy atom. The molecular weight excluding hydrogens is 324 g/mol. The smallest absolute Gasteiger partial charge is 0.251 e. The first-order valence-electron chi connectivity index (χ1n) is 8.50. The van der Waals surface area contributed by atoms with Gasteiger partial charge < -0.3 is 15.0 Å². The Kier molecular flexibility index (Phi) is 5.66. The molecule has 1 aromatic rings. The molecule has 1 aromatic carbocycles. The first kappa shape index (κ1) is 17.1. The van der Waals surface area contributed by atoms with E-state index < -0.39 is 0 Å². The molecule has 0 aromatic heterocycles. The topological polar surface area (TPSA) is 58.6 Å². The molecule has 0 radical (unpaired) electrons. The van der Waals surface area contributed by atoms with Crippen molar-refractivity contribution in [2.75, 3.05) is 31.7 Å². The largest absolute Gasteiger partial charge is 0.497 e. The summed E-state index contributed by atoms with van der Waals surface area (Å²) in [5, 5.41) is 3.07. The molecule has 2 fully saturated rings. The van der Waals surface area contributed by atoms with Crippen molar-refractivity contribution in [2.45, 2.75) is 25.3 Å². The van der Waals surface area contributed by atoms with Crippen LogP contribution in [0.15, 0.2) is 24.3 Å². The predicted octanol–water partition coefficient (Wildman–Crippen LogP) is 2.17. The number of hydrogen-bond acceptors (Lipinski definition) is 4. The van der Waals surface area contributed by atoms with Crippen LogP contribution in [0.4, 0.5) is 0 Å². The highest BCUT2D eigenvalue weighted by Gasteiger charge is 2.36. The molecule has 5 nitrogen and oxygen atoms in total. The molecular formula is C18H24N2O3S. The lowest BCUT2D eigenvalue weighted by Crippen LogP contribution is -2.47. The van der Waals surface area contributed by atoms with Crippen LogP contribution in [0.25, 0.3) is 0 Å². The molecule has 0 bridgehead atoms. The second-order valence-corrected chi connectivity index (χ2v) is 7.51. The van der Waals surface area contributed by atoms with Crippen LogP contribution in [-0.2, 0) is 4.79 Å². The number of rotatable bonds is 4. The van der Waals surface area contributed by atoms with Gasteiger partial charge in [0.1, 0.15) is 5.75 Å². The molecule has 0 unspecified atom stereocenters. The molecule has 1 aliphatic heterocycles. The summed E-state index contributed by atoms with van der Waals surface area (Å²) < 4.78 is 5.11. The van der Waals surface area contributed by atoms with Crippen molar-refractivity contribution >= 4 is 23.6 Å². The fourth-order valence-corrected chi connectivity index (χ4v) is 4.34. The van der Waals surface area contributed by atoms with Gasteiger partial charge in [-0.2, -0.15) is 11.8 Å². The van der Waals surface area contributed by atoms with E-state index in [-0.39, 0.29) is 23.8 Å². The lowest BCUT2D eigenvalue weighted by Gasteiger charge is -2.31. The van der Waals surface area contributed by atoms with Gasteiger partial charge in [-0.3, -0.25) is 9.59 Å². The van der Waals surface area contributed by atoms with Crippen LogP contribution < -0.4 is 10.1 Å². The molecule has 130 valence electrons. The average molecular weight is 348 g/mol. The SMILES string of the molecule is COc1ccc(C(=O)N[C@@H]2CCC[C@@H]2C(=O)N2CCSCC2)cc1. The number of thioether (sulfide) groups is 1. The zero-order chi connectivity index (χ0) is 16.9. The van der Waals surface area contributed by atoms with Crippen molar-refractivity contribution in [1.29, 1.82) is 0 Å². The van der Waals surface area contributed by atoms with Gasteiger partial charge in [0, 0.05) is 36.2 Å². The highest BCUT2D eigenvalue weighted by atomic mass is 32.2. The number of carbonyl (C=O) groups is 2. The van der Waals surface area contributed by atoms with Gasteiger partial charge in [-0.25, -0.2) is 0 Å². The molecule has 3 rings (SSSR count). The predicted molar refractivity (Wildman–Crippen MR) is 95.5 cm³/mol. The lowest BCUT2D eigenvalue weighted by molar-refractivity contribution is -0.135. The highest BCUT2D eigenvalue weighted by Crippen LogP contribution is 2.29. The fraction of sp³-hybridized carbons (Fsp3) is 0.556. The first-order chi connectivity index (χ1) is 11.7. The molecule has 2 atom stereocenters. The van der Waals surface area contributed by atoms with Gasteiger partial charge in [0.05, 0.1) is 13.0 Å². The van der Waals surface area contributed by atoms with Crippen molar-refractivity contribution in [1.82, 2.24) is 10.2 Å². The molecule has 0 spiro atoms. The van der Waals surface area contributed by atoms with Crippen LogP contribution in [0.5, 0.6) is 5.75 Å². The van der Waals surface area contributed by atoms with Crippen molar-refractivity contribution in [3.63, 3.8) is 0 Å². The minimum Gasteiger partial charge on any atom is -0.497 e. The van der Waals surface area contributed by atoms with Gasteiger partial charge in [-0.1, -0.05) is 6.42 Å². The number of hydrogen-bond donors (Lipinski definition) is 1. The van der Waals surface area contributed by atoms with Crippen LogP contribution in [0.3, 0.4) is 0 Å². The highest BCUT2D eigenvalue weighted by molar-refractivity contribution is 7.99. The summed E-state index contributed by atoms with van der Waals surface area (Å²) in [6, 6.07) is 7.00. The van der Waals surface area contributed by atoms with Gasteiger partial charge in [0.2, 0.25) is 5.91 Å². The summed E-state index contributed by atoms with van der Waals surface area (Å²) in [6.07, 6.45) is 2.74. The molecule has 2 aliphatic rings. The van der Waals surface area contributed by atoms with Crippen LogP contribution in [0.1, 0.15) is 29.6 Å². The number of nitrogens with zero attached hydrogens (tertiary/aromatic N) is 1. The van der Waals surface area contributed by atoms with Crippen LogP contribution in [0.2, 0.25) is 0 Å². The number of carbonyl (C=O) groups excluding carboxylic acids is 2. The second-order valence-electron chi connectivity index (χ2n) is 6.28. The number of nitrogens with one attached hydrogen (secondary N) is 1. The van der Waals surface area contributed by atoms with Gasteiger partial charge in [-0.15, -0.1) is 0 Å². The summed E-state index contributed by atoms with van der Waals surface area (Å²) in [7, 11) is 1.60. The van der Waals surface area contributed by atoms with Gasteiger partial charge in [-0.05, 0) is 37.1 Å². The number of ether oxygens (including phenoxy) is 1. The fourth-order valence-electron chi connectivity index (χ4n) is 3.44. The Labute approximate surface area is 147 Å². The van der Waals surface area contributed by atoms with Crippen LogP contribution in [-0.4, -0.2) is 54.5 Å². The Morgan fingerprint density at radius 3 is 2.54 bits per heavy atom. The van der Waals surface area contributed by atoms with E-state index >= 15 is 0 Å². The van der Waals surface area contributed by atoms with Crippen molar-refractivity contribution < 1.29 is 14.3 Å². The molecule has 1 saturated heterocycles. The quantitative estimate of drug-likeness (QED) is 0.906. The van der Waals surface area contributed by atoms with Gasteiger partial charge >= 0.3 is 0 Å². The summed E-state index contributed by atoms with van der Waals surface area (Å²) in [5.74, 6) is 2.78. The summed E-state index contributed by atoms with van der Waals surface area (Å²) in [4.78, 5) is 27.2. The van der Waals surface area contributed by atoms with Crippen molar-refractivity contribution in [3.05, 3.63) is 29.8 Å². The normalized spacial score (nSPS) is 23.8. The first-order valence-corrected chi connectivity index (χ1v) is 9.66. The Bertz CT molecular complexity index is 584. The minimum absolute atomic E-state index is 0.0540. The molecule has 2 amide bonds. The third-order valence-corrected chi connectivity index (χ3v) is 5.77. The Balaban J connectivity index is 1.62. The maximum Gasteiger partial charge on any atom is 0.251 e. The molecule has 1 N–H and O–H groups in total. The average Bonchev–Trinajstić information content (AvgIpc) is 3.10.